The molecule has 0 spiro atoms. The van der Waals surface area contributed by atoms with Gasteiger partial charge in [-0.3, -0.25) is 4.79 Å². The van der Waals surface area contributed by atoms with Crippen molar-refractivity contribution in [2.24, 2.45) is 23.7 Å². The maximum atomic E-state index is 10.5. The summed E-state index contributed by atoms with van der Waals surface area (Å²) in [5, 5.41) is 8.67. The number of rotatable bonds is 3. The summed E-state index contributed by atoms with van der Waals surface area (Å²) in [7, 11) is 0. The van der Waals surface area contributed by atoms with Gasteiger partial charge in [0.1, 0.15) is 0 Å². The van der Waals surface area contributed by atoms with E-state index in [1.807, 2.05) is 0 Å². The van der Waals surface area contributed by atoms with E-state index in [4.69, 9.17) is 5.11 Å². The number of hydrogen-bond donors (Lipinski definition) is 1. The van der Waals surface area contributed by atoms with Gasteiger partial charge in [-0.15, -0.1) is 0 Å². The molecule has 84 valence electrons. The highest BCUT2D eigenvalue weighted by atomic mass is 16.4. The first-order chi connectivity index (χ1) is 7.24. The third-order valence-electron chi connectivity index (χ3n) is 4.85. The molecule has 0 aromatic carbocycles. The van der Waals surface area contributed by atoms with Crippen LogP contribution < -0.4 is 0 Å². The van der Waals surface area contributed by atoms with E-state index in [0.29, 0.717) is 6.42 Å². The highest BCUT2D eigenvalue weighted by molar-refractivity contribution is 5.66. The molecule has 1 aliphatic heterocycles. The Bertz CT molecular complexity index is 261. The molecule has 2 bridgehead atoms. The van der Waals surface area contributed by atoms with Crippen molar-refractivity contribution in [1.29, 1.82) is 0 Å². The zero-order valence-electron chi connectivity index (χ0n) is 9.06. The van der Waals surface area contributed by atoms with Gasteiger partial charge in [0.2, 0.25) is 0 Å². The fourth-order valence-corrected chi connectivity index (χ4v) is 4.21. The molecular formula is C12H19NO2. The standard InChI is InChI=1S/C12H19NO2/c14-12(15)3-4-13-6-10-8-1-2-9(5-8)11(10)7-13/h8-11H,1-7H2,(H,14,15)/t8?,9?,10-,11+. The number of nitrogens with zero attached hydrogens (tertiary/aromatic N) is 1. The Morgan fingerprint density at radius 2 is 1.80 bits per heavy atom. The molecule has 1 heterocycles. The molecule has 1 N–H and O–H groups in total. The van der Waals surface area contributed by atoms with Crippen molar-refractivity contribution in [3.8, 4) is 0 Å². The molecule has 2 saturated carbocycles. The molecule has 0 aromatic rings. The SMILES string of the molecule is O=C(O)CCN1C[C@@H]2C3CCC(C3)[C@@H]2C1. The topological polar surface area (TPSA) is 40.5 Å². The molecule has 0 aromatic heterocycles. The number of carboxylic acid groups (broad SMARTS) is 1. The molecule has 0 radical (unpaired) electrons. The van der Waals surface area contributed by atoms with Crippen molar-refractivity contribution in [1.82, 2.24) is 4.90 Å². The number of hydrogen-bond acceptors (Lipinski definition) is 2. The van der Waals surface area contributed by atoms with Gasteiger partial charge in [0.25, 0.3) is 0 Å². The van der Waals surface area contributed by atoms with Gasteiger partial charge in [-0.25, -0.2) is 0 Å². The van der Waals surface area contributed by atoms with Crippen LogP contribution in [0.3, 0.4) is 0 Å². The van der Waals surface area contributed by atoms with E-state index in [-0.39, 0.29) is 0 Å². The lowest BCUT2D eigenvalue weighted by atomic mass is 9.82. The third-order valence-corrected chi connectivity index (χ3v) is 4.85. The summed E-state index contributed by atoms with van der Waals surface area (Å²) in [6.07, 6.45) is 4.67. The molecule has 0 amide bonds. The first-order valence-corrected chi connectivity index (χ1v) is 6.18. The Balaban J connectivity index is 1.57. The van der Waals surface area contributed by atoms with E-state index in [2.05, 4.69) is 4.90 Å². The maximum Gasteiger partial charge on any atom is 0.304 e. The summed E-state index contributed by atoms with van der Waals surface area (Å²) < 4.78 is 0. The Kier molecular flexibility index (Phi) is 2.23. The van der Waals surface area contributed by atoms with Crippen molar-refractivity contribution in [3.05, 3.63) is 0 Å². The molecular weight excluding hydrogens is 190 g/mol. The number of likely N-dealkylation sites (tertiary alicyclic amines) is 1. The van der Waals surface area contributed by atoms with Gasteiger partial charge in [0.05, 0.1) is 6.42 Å². The average molecular weight is 209 g/mol. The smallest absolute Gasteiger partial charge is 0.304 e. The van der Waals surface area contributed by atoms with Gasteiger partial charge in [0, 0.05) is 19.6 Å². The molecule has 3 rings (SSSR count). The predicted octanol–water partition coefficient (Wildman–Crippen LogP) is 1.44. The van der Waals surface area contributed by atoms with Gasteiger partial charge in [0.15, 0.2) is 0 Å². The average Bonchev–Trinajstić information content (AvgIpc) is 2.86. The second-order valence-corrected chi connectivity index (χ2v) is 5.56. The van der Waals surface area contributed by atoms with Crippen LogP contribution >= 0.6 is 0 Å². The summed E-state index contributed by atoms with van der Waals surface area (Å²) in [4.78, 5) is 12.9. The second-order valence-electron chi connectivity index (χ2n) is 5.56. The summed E-state index contributed by atoms with van der Waals surface area (Å²) in [5.41, 5.74) is 0. The lowest BCUT2D eigenvalue weighted by Gasteiger charge is -2.22. The minimum Gasteiger partial charge on any atom is -0.481 e. The number of aliphatic carboxylic acids is 1. The quantitative estimate of drug-likeness (QED) is 0.764. The molecule has 3 nitrogen and oxygen atoms in total. The lowest BCUT2D eigenvalue weighted by molar-refractivity contribution is -0.137. The van der Waals surface area contributed by atoms with Crippen LogP contribution in [-0.2, 0) is 4.79 Å². The van der Waals surface area contributed by atoms with Gasteiger partial charge < -0.3 is 10.0 Å². The number of fused-ring (bicyclic) bond motifs is 5. The predicted molar refractivity (Wildman–Crippen MR) is 56.5 cm³/mol. The Labute approximate surface area is 90.5 Å². The normalized spacial score (nSPS) is 43.5. The summed E-state index contributed by atoms with van der Waals surface area (Å²) >= 11 is 0. The number of carboxylic acids is 1. The van der Waals surface area contributed by atoms with Crippen molar-refractivity contribution in [2.45, 2.75) is 25.7 Å². The zero-order valence-corrected chi connectivity index (χ0v) is 9.06. The lowest BCUT2D eigenvalue weighted by Crippen LogP contribution is -2.25. The van der Waals surface area contributed by atoms with Crippen molar-refractivity contribution in [3.63, 3.8) is 0 Å². The second kappa shape index (κ2) is 3.48. The third kappa shape index (κ3) is 1.57. The molecule has 3 heteroatoms. The minimum atomic E-state index is -0.657. The molecule has 1 saturated heterocycles. The summed E-state index contributed by atoms with van der Waals surface area (Å²) in [5.74, 6) is 3.13. The van der Waals surface area contributed by atoms with Gasteiger partial charge in [-0.05, 0) is 42.9 Å². The first-order valence-electron chi connectivity index (χ1n) is 6.18. The van der Waals surface area contributed by atoms with E-state index < -0.39 is 5.97 Å². The van der Waals surface area contributed by atoms with Gasteiger partial charge in [-0.2, -0.15) is 0 Å². The molecule has 2 aliphatic carbocycles. The van der Waals surface area contributed by atoms with E-state index in [1.54, 1.807) is 0 Å². The van der Waals surface area contributed by atoms with Crippen LogP contribution in [-0.4, -0.2) is 35.6 Å². The van der Waals surface area contributed by atoms with Crippen LogP contribution in [0.25, 0.3) is 0 Å². The van der Waals surface area contributed by atoms with Gasteiger partial charge in [-0.1, -0.05) is 0 Å². The van der Waals surface area contributed by atoms with Gasteiger partial charge >= 0.3 is 5.97 Å². The van der Waals surface area contributed by atoms with Crippen molar-refractivity contribution >= 4 is 5.97 Å². The summed E-state index contributed by atoms with van der Waals surface area (Å²) in [6.45, 7) is 3.12. The van der Waals surface area contributed by atoms with E-state index >= 15 is 0 Å². The zero-order chi connectivity index (χ0) is 10.4. The van der Waals surface area contributed by atoms with E-state index in [1.165, 1.54) is 32.4 Å². The monoisotopic (exact) mass is 209 g/mol. The highest BCUT2D eigenvalue weighted by Gasteiger charge is 2.51. The van der Waals surface area contributed by atoms with E-state index in [9.17, 15) is 4.79 Å². The maximum absolute atomic E-state index is 10.5. The minimum absolute atomic E-state index is 0.314. The fraction of sp³-hybridized carbons (Fsp3) is 0.917. The molecule has 4 atom stereocenters. The molecule has 15 heavy (non-hydrogen) atoms. The Morgan fingerprint density at radius 3 is 2.33 bits per heavy atom. The fourth-order valence-electron chi connectivity index (χ4n) is 4.21. The van der Waals surface area contributed by atoms with Crippen LogP contribution in [0, 0.1) is 23.7 Å². The highest BCUT2D eigenvalue weighted by Crippen LogP contribution is 2.54. The number of carbonyl (C=O) groups is 1. The summed E-state index contributed by atoms with van der Waals surface area (Å²) in [6, 6.07) is 0. The Hall–Kier alpha value is -0.570. The van der Waals surface area contributed by atoms with E-state index in [0.717, 1.165) is 30.2 Å². The first kappa shape index (κ1) is 9.64. The van der Waals surface area contributed by atoms with Crippen LogP contribution in [0.15, 0.2) is 0 Å². The van der Waals surface area contributed by atoms with Crippen LogP contribution in [0.1, 0.15) is 25.7 Å². The molecule has 3 fully saturated rings. The largest absolute Gasteiger partial charge is 0.481 e. The van der Waals surface area contributed by atoms with Crippen LogP contribution in [0.4, 0.5) is 0 Å². The van der Waals surface area contributed by atoms with Crippen molar-refractivity contribution < 1.29 is 9.90 Å². The van der Waals surface area contributed by atoms with Crippen molar-refractivity contribution in [2.75, 3.05) is 19.6 Å². The van der Waals surface area contributed by atoms with Crippen LogP contribution in [0.2, 0.25) is 0 Å². The Morgan fingerprint density at radius 1 is 1.20 bits per heavy atom. The molecule has 2 unspecified atom stereocenters. The molecule has 3 aliphatic rings. The van der Waals surface area contributed by atoms with Crippen LogP contribution in [0.5, 0.6) is 0 Å².